The number of amides is 1. The molecule has 2 atom stereocenters. The van der Waals surface area contributed by atoms with Crippen LogP contribution >= 0.6 is 0 Å². The van der Waals surface area contributed by atoms with Gasteiger partial charge in [-0.05, 0) is 118 Å². The average Bonchev–Trinajstić information content (AvgIpc) is 2.71. The van der Waals surface area contributed by atoms with Crippen molar-refractivity contribution < 1.29 is 9.72 Å². The highest BCUT2D eigenvalue weighted by Crippen LogP contribution is 2.66. The number of nitrogens with zero attached hydrogens (tertiary/aromatic N) is 1. The van der Waals surface area contributed by atoms with Crippen molar-refractivity contribution in [2.45, 2.75) is 88.0 Å². The van der Waals surface area contributed by atoms with Gasteiger partial charge in [0.15, 0.2) is 0 Å². The van der Waals surface area contributed by atoms with E-state index in [0.717, 1.165) is 49.9 Å². The normalized spacial score (nSPS) is 47.6. The summed E-state index contributed by atoms with van der Waals surface area (Å²) in [5, 5.41) is 14.9. The zero-order chi connectivity index (χ0) is 21.7. The first-order valence-corrected chi connectivity index (χ1v) is 12.9. The molecule has 8 bridgehead atoms. The summed E-state index contributed by atoms with van der Waals surface area (Å²) in [5.41, 5.74) is 1.26. The second-order valence-corrected chi connectivity index (χ2v) is 13.0. The van der Waals surface area contributed by atoms with Crippen LogP contribution < -0.4 is 5.32 Å². The first-order valence-electron chi connectivity index (χ1n) is 12.9. The van der Waals surface area contributed by atoms with Gasteiger partial charge in [0.1, 0.15) is 0 Å². The summed E-state index contributed by atoms with van der Waals surface area (Å²) < 4.78 is 0. The van der Waals surface area contributed by atoms with E-state index in [0.29, 0.717) is 17.7 Å². The van der Waals surface area contributed by atoms with Gasteiger partial charge in [-0.2, -0.15) is 0 Å². The number of carbonyl (C=O) groups excluding carboxylic acids is 1. The van der Waals surface area contributed by atoms with Gasteiger partial charge in [0, 0.05) is 17.7 Å². The Morgan fingerprint density at radius 3 is 1.88 bits per heavy atom. The van der Waals surface area contributed by atoms with E-state index in [-0.39, 0.29) is 27.0 Å². The number of nitrogens with one attached hydrogen (secondary N) is 1. The van der Waals surface area contributed by atoms with Crippen LogP contribution in [0.5, 0.6) is 0 Å². The van der Waals surface area contributed by atoms with Crippen LogP contribution in [0.2, 0.25) is 0 Å². The Labute approximate surface area is 189 Å². The Morgan fingerprint density at radius 2 is 1.34 bits per heavy atom. The molecule has 9 rings (SSSR count). The Hall–Kier alpha value is -1.91. The van der Waals surface area contributed by atoms with Crippen molar-refractivity contribution in [2.75, 3.05) is 0 Å². The maximum Gasteiger partial charge on any atom is 0.269 e. The van der Waals surface area contributed by atoms with Crippen LogP contribution in [0.25, 0.3) is 0 Å². The van der Waals surface area contributed by atoms with Gasteiger partial charge >= 0.3 is 0 Å². The molecule has 32 heavy (non-hydrogen) atoms. The van der Waals surface area contributed by atoms with Gasteiger partial charge < -0.3 is 5.32 Å². The van der Waals surface area contributed by atoms with Crippen LogP contribution in [0.15, 0.2) is 24.3 Å². The molecule has 8 saturated carbocycles. The lowest BCUT2D eigenvalue weighted by Crippen LogP contribution is -2.65. The summed E-state index contributed by atoms with van der Waals surface area (Å²) in [6.07, 6.45) is 14.4. The zero-order valence-corrected chi connectivity index (χ0v) is 18.9. The Morgan fingerprint density at radius 1 is 0.812 bits per heavy atom. The summed E-state index contributed by atoms with van der Waals surface area (Å²) in [4.78, 5) is 24.9. The van der Waals surface area contributed by atoms with E-state index in [1.54, 1.807) is 12.1 Å². The molecule has 1 aromatic carbocycles. The molecular weight excluding hydrogens is 400 g/mol. The lowest BCUT2D eigenvalue weighted by molar-refractivity contribution is -0.384. The largest absolute Gasteiger partial charge is 0.350 e. The van der Waals surface area contributed by atoms with Crippen LogP contribution in [-0.4, -0.2) is 16.4 Å². The van der Waals surface area contributed by atoms with Gasteiger partial charge in [0.2, 0.25) is 5.91 Å². The highest BCUT2D eigenvalue weighted by atomic mass is 16.6. The molecule has 8 aliphatic rings. The maximum absolute atomic E-state index is 14.1. The van der Waals surface area contributed by atoms with Crippen molar-refractivity contribution in [2.24, 2.45) is 35.0 Å². The third-order valence-corrected chi connectivity index (χ3v) is 10.7. The van der Waals surface area contributed by atoms with Gasteiger partial charge in [0.25, 0.3) is 5.69 Å². The van der Waals surface area contributed by atoms with E-state index in [4.69, 9.17) is 0 Å². The summed E-state index contributed by atoms with van der Waals surface area (Å²) in [6.45, 7) is 0. The van der Waals surface area contributed by atoms with E-state index >= 15 is 0 Å². The fraction of sp³-hybridized carbons (Fsp3) is 0.741. The van der Waals surface area contributed by atoms with Crippen molar-refractivity contribution in [3.8, 4) is 0 Å². The van der Waals surface area contributed by atoms with Crippen LogP contribution in [0, 0.1) is 45.1 Å². The molecule has 170 valence electrons. The minimum atomic E-state index is -0.316. The third-order valence-electron chi connectivity index (χ3n) is 10.7. The number of nitro groups is 1. The van der Waals surface area contributed by atoms with E-state index in [9.17, 15) is 14.9 Å². The number of non-ortho nitro benzene ring substituents is 1. The minimum Gasteiger partial charge on any atom is -0.350 e. The third kappa shape index (κ3) is 2.78. The first kappa shape index (κ1) is 19.5. The van der Waals surface area contributed by atoms with Crippen molar-refractivity contribution >= 4 is 11.6 Å². The fourth-order valence-corrected chi connectivity index (χ4v) is 10.4. The van der Waals surface area contributed by atoms with Gasteiger partial charge in [-0.1, -0.05) is 12.1 Å². The monoisotopic (exact) mass is 434 g/mol. The zero-order valence-electron chi connectivity index (χ0n) is 18.9. The number of benzene rings is 1. The number of hydrogen-bond donors (Lipinski definition) is 1. The molecule has 5 heteroatoms. The summed E-state index contributed by atoms with van der Waals surface area (Å²) >= 11 is 0. The average molecular weight is 435 g/mol. The number of carbonyl (C=O) groups is 1. The Bertz CT molecular complexity index is 934. The van der Waals surface area contributed by atoms with Gasteiger partial charge in [-0.3, -0.25) is 14.9 Å². The molecule has 1 aromatic rings. The van der Waals surface area contributed by atoms with Crippen LogP contribution in [0.3, 0.4) is 0 Å². The molecule has 0 heterocycles. The summed E-state index contributed by atoms with van der Waals surface area (Å²) in [7, 11) is 0. The molecule has 0 saturated heterocycles. The van der Waals surface area contributed by atoms with Crippen LogP contribution in [0.1, 0.15) is 82.6 Å². The van der Waals surface area contributed by atoms with E-state index in [1.165, 1.54) is 50.5 Å². The fourth-order valence-electron chi connectivity index (χ4n) is 10.4. The molecule has 0 aliphatic heterocycles. The molecule has 1 N–H and O–H groups in total. The molecule has 0 spiro atoms. The van der Waals surface area contributed by atoms with E-state index in [2.05, 4.69) is 5.32 Å². The quantitative estimate of drug-likeness (QED) is 0.501. The molecule has 0 radical (unpaired) electrons. The molecule has 1 amide bonds. The molecule has 0 unspecified atom stereocenters. The van der Waals surface area contributed by atoms with Gasteiger partial charge in [0.05, 0.1) is 10.3 Å². The van der Waals surface area contributed by atoms with Crippen LogP contribution in [0.4, 0.5) is 5.69 Å². The van der Waals surface area contributed by atoms with Gasteiger partial charge in [-0.15, -0.1) is 0 Å². The number of hydrogen-bond acceptors (Lipinski definition) is 3. The van der Waals surface area contributed by atoms with Crippen molar-refractivity contribution in [1.82, 2.24) is 5.32 Å². The summed E-state index contributed by atoms with van der Waals surface area (Å²) in [6, 6.07) is 7.29. The predicted molar refractivity (Wildman–Crippen MR) is 121 cm³/mol. The smallest absolute Gasteiger partial charge is 0.269 e. The standard InChI is InChI=1S/C27H34N2O3/c30-24(28-27-13-17-5-18(14-27)7-19(6-17)15-27)26-11-20-8-21(12-26)10-25(9-20,16-26)22-1-3-23(4-2-22)29(31)32/h1-4,17-21H,5-16H2,(H,28,30)/t17?,18?,19?,20-,21-,25?,26?,27?/m0/s1. The number of nitro benzene ring substituents is 1. The number of rotatable bonds is 4. The van der Waals surface area contributed by atoms with E-state index in [1.807, 2.05) is 12.1 Å². The van der Waals surface area contributed by atoms with Crippen molar-refractivity contribution in [3.63, 3.8) is 0 Å². The molecule has 0 aromatic heterocycles. The maximum atomic E-state index is 14.1. The Kier molecular flexibility index (Phi) is 3.88. The highest BCUT2D eigenvalue weighted by Gasteiger charge is 2.62. The highest BCUT2D eigenvalue weighted by molar-refractivity contribution is 5.84. The van der Waals surface area contributed by atoms with E-state index < -0.39 is 0 Å². The lowest BCUT2D eigenvalue weighted by atomic mass is 9.42. The SMILES string of the molecule is O=C(NC12CC3CC(CC(C3)C1)C2)C12C[C@H]3C[C@H](C1)CC(c1ccc([N+](=O)[O-])cc1)(C3)C2. The molecular formula is C27H34N2O3. The molecule has 8 aliphatic carbocycles. The lowest BCUT2D eigenvalue weighted by Gasteiger charge is -2.63. The molecule has 8 fully saturated rings. The van der Waals surface area contributed by atoms with Gasteiger partial charge in [-0.25, -0.2) is 0 Å². The predicted octanol–water partition coefficient (Wildman–Crippen LogP) is 5.52. The second-order valence-electron chi connectivity index (χ2n) is 13.0. The Balaban J connectivity index is 1.18. The molecule has 5 nitrogen and oxygen atoms in total. The van der Waals surface area contributed by atoms with Crippen LogP contribution in [-0.2, 0) is 10.2 Å². The van der Waals surface area contributed by atoms with Crippen molar-refractivity contribution in [3.05, 3.63) is 39.9 Å². The minimum absolute atomic E-state index is 0.0258. The summed E-state index contributed by atoms with van der Waals surface area (Å²) in [5.74, 6) is 4.11. The topological polar surface area (TPSA) is 72.2 Å². The van der Waals surface area contributed by atoms with Crippen molar-refractivity contribution in [1.29, 1.82) is 0 Å². The first-order chi connectivity index (χ1) is 15.3. The second kappa shape index (κ2) is 6.36.